The Morgan fingerprint density at radius 2 is 1.78 bits per heavy atom. The zero-order chi connectivity index (χ0) is 20.0. The summed E-state index contributed by atoms with van der Waals surface area (Å²) in [5, 5.41) is 4.06. The molecule has 0 fully saturated rings. The van der Waals surface area contributed by atoms with E-state index in [-0.39, 0.29) is 16.8 Å². The summed E-state index contributed by atoms with van der Waals surface area (Å²) >= 11 is 0. The van der Waals surface area contributed by atoms with E-state index in [9.17, 15) is 26.7 Å². The monoisotopic (exact) mass is 385 g/mol. The fraction of sp³-hybridized carbons (Fsp3) is 0.176. The first kappa shape index (κ1) is 18.8. The second kappa shape index (κ2) is 6.31. The summed E-state index contributed by atoms with van der Waals surface area (Å²) in [5.74, 6) is -4.32. The maximum atomic E-state index is 13.7. The van der Waals surface area contributed by atoms with Gasteiger partial charge in [0.1, 0.15) is 17.3 Å². The van der Waals surface area contributed by atoms with Gasteiger partial charge in [0, 0.05) is 17.8 Å². The van der Waals surface area contributed by atoms with Crippen molar-refractivity contribution in [2.24, 2.45) is 5.73 Å². The molecule has 0 radical (unpaired) electrons. The number of esters is 1. The summed E-state index contributed by atoms with van der Waals surface area (Å²) in [7, 11) is 0. The number of alkyl halides is 3. The van der Waals surface area contributed by atoms with Crippen LogP contribution in [0.25, 0.3) is 16.6 Å². The number of hydrogen-bond acceptors (Lipinski definition) is 4. The smallest absolute Gasteiger partial charge is 0.432 e. The van der Waals surface area contributed by atoms with Gasteiger partial charge in [0.2, 0.25) is 5.72 Å². The third-order valence-electron chi connectivity index (χ3n) is 3.70. The van der Waals surface area contributed by atoms with E-state index in [0.29, 0.717) is 11.6 Å². The van der Waals surface area contributed by atoms with Gasteiger partial charge in [-0.1, -0.05) is 6.07 Å². The van der Waals surface area contributed by atoms with Crippen LogP contribution < -0.4 is 5.73 Å². The highest BCUT2D eigenvalue weighted by Crippen LogP contribution is 2.36. The number of pyridine rings is 1. The topological polar surface area (TPSA) is 69.6 Å². The minimum Gasteiger partial charge on any atom is -0.432 e. The van der Waals surface area contributed by atoms with Crippen molar-refractivity contribution in [3.63, 3.8) is 0 Å². The van der Waals surface area contributed by atoms with Crippen LogP contribution in [0.15, 0.2) is 42.6 Å². The predicted octanol–water partition coefficient (Wildman–Crippen LogP) is 3.52. The van der Waals surface area contributed by atoms with E-state index in [1.54, 1.807) is 12.1 Å². The van der Waals surface area contributed by atoms with E-state index in [4.69, 9.17) is 5.73 Å². The van der Waals surface area contributed by atoms with Crippen LogP contribution in [0.5, 0.6) is 0 Å². The Bertz CT molecular complexity index is 1010. The molecule has 3 aromatic rings. The van der Waals surface area contributed by atoms with E-state index in [0.717, 1.165) is 19.1 Å². The average Bonchev–Trinajstić information content (AvgIpc) is 2.93. The fourth-order valence-corrected chi connectivity index (χ4v) is 2.63. The fourth-order valence-electron chi connectivity index (χ4n) is 2.63. The Morgan fingerprint density at radius 1 is 1.15 bits per heavy atom. The second-order valence-electron chi connectivity index (χ2n) is 5.91. The molecule has 142 valence electrons. The first-order valence-electron chi connectivity index (χ1n) is 7.52. The number of rotatable bonds is 3. The molecule has 0 aliphatic carbocycles. The van der Waals surface area contributed by atoms with Crippen LogP contribution in [0.2, 0.25) is 0 Å². The Hall–Kier alpha value is -3.01. The lowest BCUT2D eigenvalue weighted by molar-refractivity contribution is -0.213. The first-order valence-corrected chi connectivity index (χ1v) is 7.52. The van der Waals surface area contributed by atoms with Gasteiger partial charge in [-0.2, -0.15) is 18.3 Å². The number of benzene rings is 1. The van der Waals surface area contributed by atoms with Crippen molar-refractivity contribution in [3.05, 3.63) is 59.9 Å². The lowest BCUT2D eigenvalue weighted by Gasteiger charge is -2.24. The molecule has 0 bridgehead atoms. The minimum atomic E-state index is -5.27. The Morgan fingerprint density at radius 3 is 2.37 bits per heavy atom. The van der Waals surface area contributed by atoms with Gasteiger partial charge in [0.05, 0.1) is 5.52 Å². The third kappa shape index (κ3) is 3.61. The standard InChI is InChI=1S/C17H12F5N3O2/c1-16(23,27-15(26)17(20,21)22)14-13(9-6-10(18)8-11(19)7-9)12-4-2-3-5-25(12)24-14/h2-8H,23H2,1H3. The third-order valence-corrected chi connectivity index (χ3v) is 3.70. The van der Waals surface area contributed by atoms with E-state index in [1.807, 2.05) is 0 Å². The lowest BCUT2D eigenvalue weighted by Crippen LogP contribution is -2.43. The Balaban J connectivity index is 2.22. The van der Waals surface area contributed by atoms with Crippen molar-refractivity contribution in [1.29, 1.82) is 0 Å². The number of nitrogens with zero attached hydrogens (tertiary/aromatic N) is 2. The molecule has 2 heterocycles. The molecule has 1 unspecified atom stereocenters. The highest BCUT2D eigenvalue weighted by atomic mass is 19.4. The normalized spacial score (nSPS) is 14.2. The summed E-state index contributed by atoms with van der Waals surface area (Å²) < 4.78 is 70.7. The highest BCUT2D eigenvalue weighted by Gasteiger charge is 2.46. The molecule has 0 amide bonds. The molecule has 0 aliphatic heterocycles. The van der Waals surface area contributed by atoms with Crippen LogP contribution in [-0.2, 0) is 15.3 Å². The van der Waals surface area contributed by atoms with Gasteiger partial charge >= 0.3 is 12.1 Å². The Kier molecular flexibility index (Phi) is 4.38. The molecular weight excluding hydrogens is 373 g/mol. The number of fused-ring (bicyclic) bond motifs is 1. The van der Waals surface area contributed by atoms with Crippen LogP contribution in [0.4, 0.5) is 22.0 Å². The molecule has 0 spiro atoms. The second-order valence-corrected chi connectivity index (χ2v) is 5.91. The molecule has 0 saturated heterocycles. The number of carbonyl (C=O) groups excluding carboxylic acids is 1. The molecule has 10 heteroatoms. The number of ether oxygens (including phenoxy) is 1. The van der Waals surface area contributed by atoms with Crippen molar-refractivity contribution in [3.8, 4) is 11.1 Å². The number of hydrogen-bond donors (Lipinski definition) is 1. The summed E-state index contributed by atoms with van der Waals surface area (Å²) in [6.07, 6.45) is -3.81. The summed E-state index contributed by atoms with van der Waals surface area (Å²) in [6.45, 7) is 0.998. The predicted molar refractivity (Wildman–Crippen MR) is 84.2 cm³/mol. The van der Waals surface area contributed by atoms with E-state index in [1.165, 1.54) is 16.8 Å². The number of halogens is 5. The maximum Gasteiger partial charge on any atom is 0.491 e. The van der Waals surface area contributed by atoms with Crippen LogP contribution in [-0.4, -0.2) is 21.8 Å². The van der Waals surface area contributed by atoms with Gasteiger partial charge in [-0.25, -0.2) is 18.1 Å². The quantitative estimate of drug-likeness (QED) is 0.426. The van der Waals surface area contributed by atoms with Crippen LogP contribution in [0, 0.1) is 11.6 Å². The number of aromatic nitrogens is 2. The van der Waals surface area contributed by atoms with Gasteiger partial charge in [0.25, 0.3) is 0 Å². The van der Waals surface area contributed by atoms with Crippen LogP contribution >= 0.6 is 0 Å². The largest absolute Gasteiger partial charge is 0.491 e. The zero-order valence-corrected chi connectivity index (χ0v) is 13.7. The molecule has 1 aromatic carbocycles. The van der Waals surface area contributed by atoms with Crippen molar-refractivity contribution in [2.75, 3.05) is 0 Å². The van der Waals surface area contributed by atoms with Gasteiger partial charge in [-0.3, -0.25) is 5.73 Å². The molecule has 2 aromatic heterocycles. The van der Waals surface area contributed by atoms with E-state index < -0.39 is 29.5 Å². The van der Waals surface area contributed by atoms with Gasteiger partial charge in [0.15, 0.2) is 0 Å². The number of nitrogens with two attached hydrogens (primary N) is 1. The van der Waals surface area contributed by atoms with Crippen molar-refractivity contribution < 1.29 is 31.5 Å². The first-order chi connectivity index (χ1) is 12.5. The molecular formula is C17H12F5N3O2. The minimum absolute atomic E-state index is 0.0246. The van der Waals surface area contributed by atoms with Gasteiger partial charge in [-0.15, -0.1) is 0 Å². The molecule has 3 rings (SSSR count). The molecule has 0 aliphatic rings. The van der Waals surface area contributed by atoms with E-state index in [2.05, 4.69) is 9.84 Å². The molecule has 1 atom stereocenters. The zero-order valence-electron chi connectivity index (χ0n) is 13.7. The van der Waals surface area contributed by atoms with Crippen LogP contribution in [0.1, 0.15) is 12.6 Å². The summed E-state index contributed by atoms with van der Waals surface area (Å²) in [6, 6.07) is 7.28. The Labute approximate surface area is 149 Å². The molecule has 27 heavy (non-hydrogen) atoms. The van der Waals surface area contributed by atoms with Crippen molar-refractivity contribution in [1.82, 2.24) is 9.61 Å². The molecule has 2 N–H and O–H groups in total. The van der Waals surface area contributed by atoms with E-state index >= 15 is 0 Å². The van der Waals surface area contributed by atoms with Gasteiger partial charge in [-0.05, 0) is 36.8 Å². The van der Waals surface area contributed by atoms with Gasteiger partial charge < -0.3 is 4.74 Å². The maximum absolute atomic E-state index is 13.7. The number of carbonyl (C=O) groups is 1. The SMILES string of the molecule is CC(N)(OC(=O)C(F)(F)F)c1nn2ccccc2c1-c1cc(F)cc(F)c1. The van der Waals surface area contributed by atoms with Crippen molar-refractivity contribution in [2.45, 2.75) is 18.8 Å². The van der Waals surface area contributed by atoms with Crippen molar-refractivity contribution >= 4 is 11.5 Å². The highest BCUT2D eigenvalue weighted by molar-refractivity contribution is 5.84. The summed E-state index contributed by atoms with van der Waals surface area (Å²) in [4.78, 5) is 11.2. The molecule has 0 saturated carbocycles. The average molecular weight is 385 g/mol. The molecule has 5 nitrogen and oxygen atoms in total. The van der Waals surface area contributed by atoms with Crippen LogP contribution in [0.3, 0.4) is 0 Å². The summed E-state index contributed by atoms with van der Waals surface area (Å²) in [5.41, 5.74) is 3.50. The lowest BCUT2D eigenvalue weighted by atomic mass is 9.99.